The Bertz CT molecular complexity index is 279. The molecule has 4 rings (SSSR count). The molecule has 4 aliphatic carbocycles. The molecule has 4 saturated carbocycles. The molecule has 0 aromatic heterocycles. The molecule has 0 aromatic carbocycles. The summed E-state index contributed by atoms with van der Waals surface area (Å²) in [6.07, 6.45) is 2.48. The molecule has 0 saturated heterocycles. The van der Waals surface area contributed by atoms with Crippen molar-refractivity contribution in [1.82, 2.24) is 0 Å². The number of rotatable bonds is 0. The topological polar surface area (TPSA) is 17.1 Å². The van der Waals surface area contributed by atoms with Crippen LogP contribution in [0.15, 0.2) is 0 Å². The van der Waals surface area contributed by atoms with E-state index in [0.29, 0.717) is 28.4 Å². The SMILES string of the molecule is CC1(C)C[C@@H]2[C@@H]3C(=O)[C@H]1CC23C. The highest BCUT2D eigenvalue weighted by Gasteiger charge is 2.76. The first-order valence-electron chi connectivity index (χ1n) is 5.00. The second-order valence-corrected chi connectivity index (χ2v) is 5.94. The summed E-state index contributed by atoms with van der Waals surface area (Å²) < 4.78 is 0. The van der Waals surface area contributed by atoms with E-state index in [1.165, 1.54) is 12.8 Å². The van der Waals surface area contributed by atoms with E-state index in [1.807, 2.05) is 0 Å². The predicted octanol–water partition coefficient (Wildman–Crippen LogP) is 2.26. The van der Waals surface area contributed by atoms with E-state index in [9.17, 15) is 4.79 Å². The van der Waals surface area contributed by atoms with Gasteiger partial charge in [-0.25, -0.2) is 0 Å². The molecule has 1 heteroatoms. The van der Waals surface area contributed by atoms with Crippen molar-refractivity contribution in [3.05, 3.63) is 0 Å². The first-order chi connectivity index (χ1) is 5.47. The number of carbonyl (C=O) groups is 1. The summed E-state index contributed by atoms with van der Waals surface area (Å²) >= 11 is 0. The summed E-state index contributed by atoms with van der Waals surface area (Å²) in [6.45, 7) is 6.85. The van der Waals surface area contributed by atoms with E-state index in [2.05, 4.69) is 20.8 Å². The summed E-state index contributed by atoms with van der Waals surface area (Å²) in [6, 6.07) is 0. The molecule has 1 nitrogen and oxygen atoms in total. The lowest BCUT2D eigenvalue weighted by molar-refractivity contribution is -0.129. The third-order valence-corrected chi connectivity index (χ3v) is 4.83. The Morgan fingerprint density at radius 2 is 1.92 bits per heavy atom. The van der Waals surface area contributed by atoms with Crippen LogP contribution < -0.4 is 0 Å². The lowest BCUT2D eigenvalue weighted by atomic mass is 9.64. The fraction of sp³-hybridized carbons (Fsp3) is 0.909. The number of Topliss-reactive ketones (excluding diaryl/α,β-unsaturated/α-hetero) is 1. The van der Waals surface area contributed by atoms with Crippen LogP contribution in [-0.2, 0) is 4.79 Å². The fourth-order valence-electron chi connectivity index (χ4n) is 3.94. The smallest absolute Gasteiger partial charge is 0.140 e. The molecule has 4 aliphatic rings. The number of carbonyl (C=O) groups excluding carboxylic acids is 1. The van der Waals surface area contributed by atoms with Gasteiger partial charge in [0.25, 0.3) is 0 Å². The van der Waals surface area contributed by atoms with Crippen LogP contribution in [-0.4, -0.2) is 5.78 Å². The van der Waals surface area contributed by atoms with E-state index in [4.69, 9.17) is 0 Å². The van der Waals surface area contributed by atoms with Gasteiger partial charge in [0.15, 0.2) is 0 Å². The Kier molecular flexibility index (Phi) is 0.897. The molecule has 66 valence electrons. The Morgan fingerprint density at radius 1 is 1.25 bits per heavy atom. The zero-order valence-corrected chi connectivity index (χ0v) is 8.05. The van der Waals surface area contributed by atoms with E-state index >= 15 is 0 Å². The van der Waals surface area contributed by atoms with Crippen LogP contribution in [0.2, 0.25) is 0 Å². The van der Waals surface area contributed by atoms with Crippen LogP contribution in [0.4, 0.5) is 0 Å². The molecule has 1 unspecified atom stereocenters. The summed E-state index contributed by atoms with van der Waals surface area (Å²) in [5.74, 6) is 2.23. The molecule has 0 heterocycles. The molecule has 0 aromatic rings. The monoisotopic (exact) mass is 164 g/mol. The molecule has 0 N–H and O–H groups in total. The van der Waals surface area contributed by atoms with Gasteiger partial charge in [0.1, 0.15) is 5.78 Å². The molecule has 12 heavy (non-hydrogen) atoms. The first kappa shape index (κ1) is 7.11. The van der Waals surface area contributed by atoms with Crippen molar-refractivity contribution in [3.63, 3.8) is 0 Å². The number of fused-ring (bicyclic) bond motifs is 1. The Morgan fingerprint density at radius 3 is 2.25 bits per heavy atom. The summed E-state index contributed by atoms with van der Waals surface area (Å²) in [4.78, 5) is 11.8. The molecular weight excluding hydrogens is 148 g/mol. The van der Waals surface area contributed by atoms with Gasteiger partial charge in [0.2, 0.25) is 0 Å². The molecular formula is C11H16O. The highest BCUT2D eigenvalue weighted by atomic mass is 16.1. The van der Waals surface area contributed by atoms with Crippen LogP contribution in [0.3, 0.4) is 0 Å². The Balaban J connectivity index is 2.06. The average Bonchev–Trinajstić information content (AvgIpc) is 2.38. The van der Waals surface area contributed by atoms with E-state index in [-0.39, 0.29) is 0 Å². The average molecular weight is 164 g/mol. The predicted molar refractivity (Wildman–Crippen MR) is 46.6 cm³/mol. The third kappa shape index (κ3) is 0.512. The fourth-order valence-corrected chi connectivity index (χ4v) is 3.94. The van der Waals surface area contributed by atoms with Gasteiger partial charge in [-0.1, -0.05) is 20.8 Å². The number of hydrogen-bond donors (Lipinski definition) is 0. The zero-order valence-electron chi connectivity index (χ0n) is 8.05. The van der Waals surface area contributed by atoms with Crippen LogP contribution in [0, 0.1) is 28.6 Å². The minimum absolute atomic E-state index is 0.314. The summed E-state index contributed by atoms with van der Waals surface area (Å²) in [5, 5.41) is 0. The van der Waals surface area contributed by atoms with Gasteiger partial charge in [0, 0.05) is 11.8 Å². The van der Waals surface area contributed by atoms with Crippen LogP contribution in [0.1, 0.15) is 33.6 Å². The number of hydrogen-bond acceptors (Lipinski definition) is 1. The second-order valence-electron chi connectivity index (χ2n) is 5.94. The highest BCUT2D eigenvalue weighted by Crippen LogP contribution is 2.77. The van der Waals surface area contributed by atoms with Crippen molar-refractivity contribution in [2.24, 2.45) is 28.6 Å². The van der Waals surface area contributed by atoms with Crippen LogP contribution in [0.5, 0.6) is 0 Å². The summed E-state index contributed by atoms with van der Waals surface area (Å²) in [5.41, 5.74) is 0.769. The van der Waals surface area contributed by atoms with Gasteiger partial charge in [-0.3, -0.25) is 4.79 Å². The molecule has 4 bridgehead atoms. The van der Waals surface area contributed by atoms with Crippen molar-refractivity contribution in [1.29, 1.82) is 0 Å². The lowest BCUT2D eigenvalue weighted by Gasteiger charge is -2.39. The Labute approximate surface area is 73.5 Å². The van der Waals surface area contributed by atoms with Crippen LogP contribution in [0.25, 0.3) is 0 Å². The van der Waals surface area contributed by atoms with E-state index in [1.54, 1.807) is 0 Å². The van der Waals surface area contributed by atoms with Gasteiger partial charge in [-0.05, 0) is 29.6 Å². The molecule has 0 spiro atoms. The van der Waals surface area contributed by atoms with Gasteiger partial charge < -0.3 is 0 Å². The van der Waals surface area contributed by atoms with Gasteiger partial charge in [0.05, 0.1) is 0 Å². The minimum atomic E-state index is 0.314. The van der Waals surface area contributed by atoms with E-state index in [0.717, 1.165) is 5.92 Å². The maximum Gasteiger partial charge on any atom is 0.140 e. The van der Waals surface area contributed by atoms with Crippen LogP contribution >= 0.6 is 0 Å². The van der Waals surface area contributed by atoms with Crippen molar-refractivity contribution >= 4 is 5.78 Å². The molecule has 0 aliphatic heterocycles. The molecule has 4 atom stereocenters. The third-order valence-electron chi connectivity index (χ3n) is 4.83. The second kappa shape index (κ2) is 1.51. The molecule has 0 radical (unpaired) electrons. The van der Waals surface area contributed by atoms with Gasteiger partial charge in [-0.2, -0.15) is 0 Å². The maximum absolute atomic E-state index is 11.8. The molecule has 4 fully saturated rings. The normalized spacial score (nSPS) is 58.9. The first-order valence-corrected chi connectivity index (χ1v) is 5.00. The standard InChI is InChI=1S/C11H16O/c1-10(2)4-6-8-9(12)7(10)5-11(6,8)3/h6-8H,4-5H2,1-3H3/t6-,7-,8-,11?/m1/s1. The van der Waals surface area contributed by atoms with Gasteiger partial charge >= 0.3 is 0 Å². The van der Waals surface area contributed by atoms with Gasteiger partial charge in [-0.15, -0.1) is 0 Å². The zero-order chi connectivity index (χ0) is 8.72. The van der Waals surface area contributed by atoms with Crippen molar-refractivity contribution in [2.45, 2.75) is 33.6 Å². The highest BCUT2D eigenvalue weighted by molar-refractivity contribution is 5.92. The van der Waals surface area contributed by atoms with Crippen molar-refractivity contribution in [3.8, 4) is 0 Å². The van der Waals surface area contributed by atoms with E-state index < -0.39 is 0 Å². The molecule has 0 amide bonds. The number of ketones is 1. The maximum atomic E-state index is 11.8. The quantitative estimate of drug-likeness (QED) is 0.536. The van der Waals surface area contributed by atoms with Crippen molar-refractivity contribution < 1.29 is 4.79 Å². The Hall–Kier alpha value is -0.330. The summed E-state index contributed by atoms with van der Waals surface area (Å²) in [7, 11) is 0. The minimum Gasteiger partial charge on any atom is -0.299 e. The largest absolute Gasteiger partial charge is 0.299 e. The lowest BCUT2D eigenvalue weighted by Crippen LogP contribution is -2.37. The van der Waals surface area contributed by atoms with Crippen molar-refractivity contribution in [2.75, 3.05) is 0 Å².